The van der Waals surface area contributed by atoms with Gasteiger partial charge in [-0.2, -0.15) is 0 Å². The summed E-state index contributed by atoms with van der Waals surface area (Å²) < 4.78 is 10.7. The summed E-state index contributed by atoms with van der Waals surface area (Å²) in [6.45, 7) is 5.72. The molecule has 1 heterocycles. The first-order valence-corrected chi connectivity index (χ1v) is 6.35. The highest BCUT2D eigenvalue weighted by Gasteiger charge is 2.45. The quantitative estimate of drug-likeness (QED) is 0.708. The van der Waals surface area contributed by atoms with Crippen LogP contribution in [0.15, 0.2) is 0 Å². The predicted octanol–water partition coefficient (Wildman–Crippen LogP) is 2.06. The van der Waals surface area contributed by atoms with E-state index in [0.717, 1.165) is 19.3 Å². The van der Waals surface area contributed by atoms with E-state index in [1.807, 2.05) is 20.8 Å². The summed E-state index contributed by atoms with van der Waals surface area (Å²) >= 11 is 0. The van der Waals surface area contributed by atoms with E-state index in [-0.39, 0.29) is 30.1 Å². The zero-order chi connectivity index (χ0) is 12.6. The van der Waals surface area contributed by atoms with Crippen LogP contribution in [0.4, 0.5) is 0 Å². The maximum absolute atomic E-state index is 12.0. The molecule has 3 atom stereocenters. The third kappa shape index (κ3) is 2.31. The van der Waals surface area contributed by atoms with Crippen molar-refractivity contribution >= 4 is 11.9 Å². The van der Waals surface area contributed by atoms with E-state index in [4.69, 9.17) is 9.47 Å². The first-order valence-electron chi connectivity index (χ1n) is 6.35. The fourth-order valence-electron chi connectivity index (χ4n) is 2.26. The second kappa shape index (κ2) is 4.31. The summed E-state index contributed by atoms with van der Waals surface area (Å²) in [4.78, 5) is 23.3. The average Bonchev–Trinajstić information content (AvgIpc) is 2.59. The highest BCUT2D eigenvalue weighted by molar-refractivity contribution is 5.77. The number of carbonyl (C=O) groups excluding carboxylic acids is 2. The fourth-order valence-corrected chi connectivity index (χ4v) is 2.26. The van der Waals surface area contributed by atoms with Crippen molar-refractivity contribution in [3.05, 3.63) is 0 Å². The maximum Gasteiger partial charge on any atom is 0.311 e. The Kier molecular flexibility index (Phi) is 3.15. The number of fused-ring (bicyclic) bond motifs is 2. The van der Waals surface area contributed by atoms with E-state index >= 15 is 0 Å². The van der Waals surface area contributed by atoms with Crippen molar-refractivity contribution in [2.24, 2.45) is 11.3 Å². The second-order valence-corrected chi connectivity index (χ2v) is 5.67. The lowest BCUT2D eigenvalue weighted by Crippen LogP contribution is -2.37. The molecule has 0 spiro atoms. The van der Waals surface area contributed by atoms with Crippen molar-refractivity contribution < 1.29 is 19.1 Å². The summed E-state index contributed by atoms with van der Waals surface area (Å²) in [5.41, 5.74) is -0.459. The standard InChI is InChI=1S/C13H20O4/c1-4-13(2,3)12(15)17-9-6-5-8-7-10(9)16-11(8)14/h8-10H,4-7H2,1-3H3. The zero-order valence-electron chi connectivity index (χ0n) is 10.7. The topological polar surface area (TPSA) is 52.6 Å². The van der Waals surface area contributed by atoms with Crippen LogP contribution in [0.3, 0.4) is 0 Å². The lowest BCUT2D eigenvalue weighted by Gasteiger charge is -2.29. The molecule has 0 aromatic carbocycles. The van der Waals surface area contributed by atoms with Crippen LogP contribution >= 0.6 is 0 Å². The van der Waals surface area contributed by atoms with Crippen molar-refractivity contribution in [3.8, 4) is 0 Å². The summed E-state index contributed by atoms with van der Waals surface area (Å²) in [5, 5.41) is 0. The molecule has 2 fully saturated rings. The predicted molar refractivity (Wildman–Crippen MR) is 61.2 cm³/mol. The van der Waals surface area contributed by atoms with Gasteiger partial charge in [0.1, 0.15) is 12.2 Å². The highest BCUT2D eigenvalue weighted by Crippen LogP contribution is 2.37. The van der Waals surface area contributed by atoms with Crippen LogP contribution in [-0.2, 0) is 19.1 Å². The van der Waals surface area contributed by atoms with Gasteiger partial charge in [0.25, 0.3) is 0 Å². The van der Waals surface area contributed by atoms with Crippen molar-refractivity contribution in [2.45, 2.75) is 58.7 Å². The third-order valence-electron chi connectivity index (χ3n) is 4.03. The maximum atomic E-state index is 12.0. The fraction of sp³-hybridized carbons (Fsp3) is 0.846. The van der Waals surface area contributed by atoms with Gasteiger partial charge in [-0.15, -0.1) is 0 Å². The van der Waals surface area contributed by atoms with E-state index in [0.29, 0.717) is 6.42 Å². The second-order valence-electron chi connectivity index (χ2n) is 5.67. The Bertz CT molecular complexity index is 334. The van der Waals surface area contributed by atoms with E-state index in [9.17, 15) is 9.59 Å². The molecule has 0 aromatic rings. The highest BCUT2D eigenvalue weighted by atomic mass is 16.6. The molecular formula is C13H20O4. The van der Waals surface area contributed by atoms with Gasteiger partial charge < -0.3 is 9.47 Å². The molecule has 1 saturated carbocycles. The molecule has 4 heteroatoms. The minimum atomic E-state index is -0.459. The van der Waals surface area contributed by atoms with Gasteiger partial charge in [0, 0.05) is 6.42 Å². The molecule has 1 aliphatic carbocycles. The Hall–Kier alpha value is -1.06. The molecule has 4 nitrogen and oxygen atoms in total. The Morgan fingerprint density at radius 2 is 2.18 bits per heavy atom. The number of hydrogen-bond acceptors (Lipinski definition) is 4. The zero-order valence-corrected chi connectivity index (χ0v) is 10.7. The molecule has 96 valence electrons. The molecule has 2 bridgehead atoms. The van der Waals surface area contributed by atoms with Crippen LogP contribution in [0.1, 0.15) is 46.5 Å². The van der Waals surface area contributed by atoms with Crippen molar-refractivity contribution in [1.29, 1.82) is 0 Å². The molecule has 0 radical (unpaired) electrons. The SMILES string of the molecule is CCC(C)(C)C(=O)OC1CCC2CC1OC2=O. The van der Waals surface area contributed by atoms with Crippen LogP contribution in [0.2, 0.25) is 0 Å². The number of ether oxygens (including phenoxy) is 2. The smallest absolute Gasteiger partial charge is 0.311 e. The van der Waals surface area contributed by atoms with Gasteiger partial charge in [-0.25, -0.2) is 0 Å². The summed E-state index contributed by atoms with van der Waals surface area (Å²) in [6.07, 6.45) is 2.52. The van der Waals surface area contributed by atoms with E-state index in [1.165, 1.54) is 0 Å². The van der Waals surface area contributed by atoms with Gasteiger partial charge in [-0.05, 0) is 33.1 Å². The minimum Gasteiger partial charge on any atom is -0.458 e. The third-order valence-corrected chi connectivity index (χ3v) is 4.03. The van der Waals surface area contributed by atoms with Crippen LogP contribution in [0.25, 0.3) is 0 Å². The summed E-state index contributed by atoms with van der Waals surface area (Å²) in [6, 6.07) is 0. The molecule has 0 amide bonds. The van der Waals surface area contributed by atoms with Gasteiger partial charge in [0.15, 0.2) is 0 Å². The summed E-state index contributed by atoms with van der Waals surface area (Å²) in [5.74, 6) is -0.274. The van der Waals surface area contributed by atoms with Gasteiger partial charge in [-0.1, -0.05) is 6.92 Å². The van der Waals surface area contributed by atoms with Gasteiger partial charge in [0.05, 0.1) is 11.3 Å². The van der Waals surface area contributed by atoms with Crippen LogP contribution in [0, 0.1) is 11.3 Å². The monoisotopic (exact) mass is 240 g/mol. The minimum absolute atomic E-state index is 0.0362. The largest absolute Gasteiger partial charge is 0.458 e. The van der Waals surface area contributed by atoms with Gasteiger partial charge in [0.2, 0.25) is 0 Å². The number of carbonyl (C=O) groups is 2. The first-order chi connectivity index (χ1) is 7.94. The number of rotatable bonds is 3. The molecule has 1 saturated heterocycles. The Balaban J connectivity index is 1.96. The van der Waals surface area contributed by atoms with Crippen LogP contribution in [0.5, 0.6) is 0 Å². The van der Waals surface area contributed by atoms with Crippen molar-refractivity contribution in [1.82, 2.24) is 0 Å². The first kappa shape index (κ1) is 12.4. The van der Waals surface area contributed by atoms with E-state index in [1.54, 1.807) is 0 Å². The Labute approximate surface area is 102 Å². The normalized spacial score (nSPS) is 32.2. The molecule has 2 aliphatic rings. The average molecular weight is 240 g/mol. The molecule has 0 aromatic heterocycles. The molecule has 0 N–H and O–H groups in total. The van der Waals surface area contributed by atoms with E-state index < -0.39 is 5.41 Å². The molecule has 1 aliphatic heterocycles. The summed E-state index contributed by atoms with van der Waals surface area (Å²) in [7, 11) is 0. The van der Waals surface area contributed by atoms with Crippen molar-refractivity contribution in [2.75, 3.05) is 0 Å². The van der Waals surface area contributed by atoms with Crippen LogP contribution < -0.4 is 0 Å². The van der Waals surface area contributed by atoms with E-state index in [2.05, 4.69) is 0 Å². The van der Waals surface area contributed by atoms with Gasteiger partial charge >= 0.3 is 11.9 Å². The molecule has 17 heavy (non-hydrogen) atoms. The molecular weight excluding hydrogens is 220 g/mol. The number of esters is 2. The lowest BCUT2D eigenvalue weighted by molar-refractivity contribution is -0.169. The van der Waals surface area contributed by atoms with Crippen LogP contribution in [-0.4, -0.2) is 24.1 Å². The van der Waals surface area contributed by atoms with Crippen molar-refractivity contribution in [3.63, 3.8) is 0 Å². The Morgan fingerprint density at radius 3 is 2.82 bits per heavy atom. The number of hydrogen-bond donors (Lipinski definition) is 0. The van der Waals surface area contributed by atoms with Gasteiger partial charge in [-0.3, -0.25) is 9.59 Å². The molecule has 2 rings (SSSR count). The lowest BCUT2D eigenvalue weighted by atomic mass is 9.87. The molecule has 3 unspecified atom stereocenters. The Morgan fingerprint density at radius 1 is 1.47 bits per heavy atom.